The summed E-state index contributed by atoms with van der Waals surface area (Å²) in [5.74, 6) is -0.479. The van der Waals surface area contributed by atoms with E-state index in [1.165, 1.54) is 12.8 Å². The van der Waals surface area contributed by atoms with Gasteiger partial charge in [-0.1, -0.05) is 54.6 Å². The van der Waals surface area contributed by atoms with Crippen molar-refractivity contribution in [1.82, 2.24) is 4.90 Å². The third-order valence-electron chi connectivity index (χ3n) is 5.84. The van der Waals surface area contributed by atoms with Gasteiger partial charge < -0.3 is 10.2 Å². The summed E-state index contributed by atoms with van der Waals surface area (Å²) in [7, 11) is 0. The van der Waals surface area contributed by atoms with Gasteiger partial charge in [-0.05, 0) is 55.0 Å². The van der Waals surface area contributed by atoms with Crippen molar-refractivity contribution in [2.24, 2.45) is 5.92 Å². The van der Waals surface area contributed by atoms with E-state index in [0.29, 0.717) is 17.2 Å². The molecule has 2 aromatic carbocycles. The summed E-state index contributed by atoms with van der Waals surface area (Å²) in [6.07, 6.45) is 3.65. The highest BCUT2D eigenvalue weighted by atomic mass is 16.4. The second-order valence-corrected chi connectivity index (χ2v) is 7.24. The van der Waals surface area contributed by atoms with Gasteiger partial charge in [0.1, 0.15) is 0 Å². The van der Waals surface area contributed by atoms with Crippen molar-refractivity contribution in [3.8, 4) is 0 Å². The molecule has 25 heavy (non-hydrogen) atoms. The Morgan fingerprint density at radius 2 is 1.68 bits per heavy atom. The number of rotatable bonds is 4. The van der Waals surface area contributed by atoms with E-state index in [1.807, 2.05) is 18.2 Å². The summed E-state index contributed by atoms with van der Waals surface area (Å²) in [5.41, 5.74) is -0.116. The van der Waals surface area contributed by atoms with Crippen LogP contribution in [0.1, 0.15) is 42.0 Å². The van der Waals surface area contributed by atoms with Crippen molar-refractivity contribution in [3.05, 3.63) is 71.3 Å². The molecule has 130 valence electrons. The van der Waals surface area contributed by atoms with E-state index in [1.54, 1.807) is 30.3 Å². The molecule has 0 aromatic heterocycles. The van der Waals surface area contributed by atoms with E-state index in [0.717, 1.165) is 31.0 Å². The van der Waals surface area contributed by atoms with Crippen LogP contribution in [0.3, 0.4) is 0 Å². The van der Waals surface area contributed by atoms with Gasteiger partial charge in [-0.2, -0.15) is 0 Å². The first kappa shape index (κ1) is 16.3. The molecule has 2 N–H and O–H groups in total. The first-order valence-electron chi connectivity index (χ1n) is 8.95. The normalized spacial score (nSPS) is 27.6. The molecule has 0 amide bonds. The number of fused-ring (bicyclic) bond motifs is 3. The van der Waals surface area contributed by atoms with Gasteiger partial charge in [0.05, 0.1) is 0 Å². The lowest BCUT2D eigenvalue weighted by Gasteiger charge is -2.45. The van der Waals surface area contributed by atoms with Crippen molar-refractivity contribution < 1.29 is 15.0 Å². The molecule has 3 aliphatic heterocycles. The highest BCUT2D eigenvalue weighted by Gasteiger charge is 2.41. The van der Waals surface area contributed by atoms with Gasteiger partial charge in [0.25, 0.3) is 0 Å². The number of carboxylic acids is 1. The largest absolute Gasteiger partial charge is 0.479 e. The molecule has 5 rings (SSSR count). The van der Waals surface area contributed by atoms with Crippen molar-refractivity contribution in [1.29, 1.82) is 0 Å². The maximum atomic E-state index is 12.0. The topological polar surface area (TPSA) is 60.8 Å². The lowest BCUT2D eigenvalue weighted by Crippen LogP contribution is -2.43. The fourth-order valence-corrected chi connectivity index (χ4v) is 4.38. The van der Waals surface area contributed by atoms with Crippen LogP contribution in [-0.2, 0) is 10.4 Å². The Kier molecular flexibility index (Phi) is 4.10. The van der Waals surface area contributed by atoms with Crippen molar-refractivity contribution in [2.45, 2.75) is 30.9 Å². The molecule has 2 unspecified atom stereocenters. The summed E-state index contributed by atoms with van der Waals surface area (Å²) >= 11 is 0. The minimum Gasteiger partial charge on any atom is -0.479 e. The molecule has 3 aliphatic rings. The predicted octanol–water partition coefficient (Wildman–Crippen LogP) is 3.16. The molecule has 4 nitrogen and oxygen atoms in total. The van der Waals surface area contributed by atoms with Crippen molar-refractivity contribution >= 4 is 5.97 Å². The maximum absolute atomic E-state index is 12.0. The standard InChI is InChI=1S/C21H23NO3/c23-20(24)21(25,17-6-2-1-3-7-17)18-8-4-5-16(14-18)19-13-15-9-11-22(19)12-10-15/h1-8,14-15,19,25H,9-13H2,(H,23,24). The Bertz CT molecular complexity index is 768. The van der Waals surface area contributed by atoms with Crippen LogP contribution in [0.5, 0.6) is 0 Å². The minimum absolute atomic E-state index is 0.335. The van der Waals surface area contributed by atoms with E-state index in [-0.39, 0.29) is 0 Å². The monoisotopic (exact) mass is 337 g/mol. The number of piperidine rings is 3. The minimum atomic E-state index is -2.03. The van der Waals surface area contributed by atoms with Crippen molar-refractivity contribution in [3.63, 3.8) is 0 Å². The summed E-state index contributed by atoms with van der Waals surface area (Å²) in [4.78, 5) is 14.5. The Balaban J connectivity index is 1.74. The van der Waals surface area contributed by atoms with Crippen LogP contribution in [-0.4, -0.2) is 34.2 Å². The average Bonchev–Trinajstić information content (AvgIpc) is 2.69. The number of hydrogen-bond acceptors (Lipinski definition) is 3. The molecule has 2 aromatic rings. The molecule has 2 atom stereocenters. The first-order valence-corrected chi connectivity index (χ1v) is 8.95. The number of nitrogens with zero attached hydrogens (tertiary/aromatic N) is 1. The van der Waals surface area contributed by atoms with Crippen LogP contribution < -0.4 is 0 Å². The number of benzene rings is 2. The molecule has 3 heterocycles. The number of hydrogen-bond donors (Lipinski definition) is 2. The molecule has 0 saturated carbocycles. The predicted molar refractivity (Wildman–Crippen MR) is 95.2 cm³/mol. The fourth-order valence-electron chi connectivity index (χ4n) is 4.38. The number of carboxylic acid groups (broad SMARTS) is 1. The Labute approximate surface area is 147 Å². The van der Waals surface area contributed by atoms with Crippen LogP contribution in [0.2, 0.25) is 0 Å². The maximum Gasteiger partial charge on any atom is 0.345 e. The van der Waals surface area contributed by atoms with E-state index >= 15 is 0 Å². The third kappa shape index (κ3) is 2.75. The van der Waals surface area contributed by atoms with Crippen molar-refractivity contribution in [2.75, 3.05) is 13.1 Å². The third-order valence-corrected chi connectivity index (χ3v) is 5.84. The Hall–Kier alpha value is -2.17. The zero-order valence-electron chi connectivity index (χ0n) is 14.1. The Morgan fingerprint density at radius 1 is 1.00 bits per heavy atom. The second kappa shape index (κ2) is 6.28. The summed E-state index contributed by atoms with van der Waals surface area (Å²) < 4.78 is 0. The van der Waals surface area contributed by atoms with Gasteiger partial charge in [-0.3, -0.25) is 4.90 Å². The molecule has 2 bridgehead atoms. The number of carbonyl (C=O) groups is 1. The molecular formula is C21H23NO3. The number of aliphatic carboxylic acids is 1. The van der Waals surface area contributed by atoms with Gasteiger partial charge >= 0.3 is 5.97 Å². The van der Waals surface area contributed by atoms with Gasteiger partial charge in [-0.25, -0.2) is 4.79 Å². The summed E-state index contributed by atoms with van der Waals surface area (Å²) in [5, 5.41) is 20.9. The van der Waals surface area contributed by atoms with Gasteiger partial charge in [0.2, 0.25) is 5.60 Å². The van der Waals surface area contributed by atoms with E-state index < -0.39 is 11.6 Å². The molecule has 3 saturated heterocycles. The lowest BCUT2D eigenvalue weighted by molar-refractivity contribution is -0.155. The van der Waals surface area contributed by atoms with E-state index in [2.05, 4.69) is 11.0 Å². The van der Waals surface area contributed by atoms with Crippen LogP contribution in [0, 0.1) is 5.92 Å². The van der Waals surface area contributed by atoms with Crippen LogP contribution >= 0.6 is 0 Å². The Morgan fingerprint density at radius 3 is 2.28 bits per heavy atom. The SMILES string of the molecule is O=C(O)C(O)(c1ccccc1)c1cccc(C2CC3CCN2CC3)c1. The average molecular weight is 337 g/mol. The highest BCUT2D eigenvalue weighted by molar-refractivity contribution is 5.83. The van der Waals surface area contributed by atoms with Gasteiger partial charge in [-0.15, -0.1) is 0 Å². The smallest absolute Gasteiger partial charge is 0.345 e. The lowest BCUT2D eigenvalue weighted by atomic mass is 9.79. The van der Waals surface area contributed by atoms with Crippen LogP contribution in [0.25, 0.3) is 0 Å². The molecule has 3 fully saturated rings. The van der Waals surface area contributed by atoms with Gasteiger partial charge in [0, 0.05) is 6.04 Å². The quantitative estimate of drug-likeness (QED) is 0.900. The summed E-state index contributed by atoms with van der Waals surface area (Å²) in [6, 6.07) is 16.5. The summed E-state index contributed by atoms with van der Waals surface area (Å²) in [6.45, 7) is 2.23. The highest BCUT2D eigenvalue weighted by Crippen LogP contribution is 2.41. The molecule has 0 aliphatic carbocycles. The van der Waals surface area contributed by atoms with E-state index in [9.17, 15) is 15.0 Å². The molecular weight excluding hydrogens is 314 g/mol. The second-order valence-electron chi connectivity index (χ2n) is 7.24. The molecule has 0 radical (unpaired) electrons. The molecule has 4 heteroatoms. The zero-order valence-corrected chi connectivity index (χ0v) is 14.1. The number of aliphatic hydroxyl groups is 1. The van der Waals surface area contributed by atoms with E-state index in [4.69, 9.17) is 0 Å². The van der Waals surface area contributed by atoms with Gasteiger partial charge in [0.15, 0.2) is 0 Å². The van der Waals surface area contributed by atoms with Crippen LogP contribution in [0.15, 0.2) is 54.6 Å². The fraction of sp³-hybridized carbons (Fsp3) is 0.381. The van der Waals surface area contributed by atoms with Crippen LogP contribution in [0.4, 0.5) is 0 Å². The first-order chi connectivity index (χ1) is 12.1. The zero-order chi connectivity index (χ0) is 17.4. The molecule has 0 spiro atoms.